The lowest BCUT2D eigenvalue weighted by Crippen LogP contribution is -2.50. The van der Waals surface area contributed by atoms with Crippen LogP contribution in [0.3, 0.4) is 0 Å². The molecule has 3 nitrogen and oxygen atoms in total. The Morgan fingerprint density at radius 3 is 2.68 bits per heavy atom. The number of fused-ring (bicyclic) bond motifs is 1. The number of likely N-dealkylation sites (N-methyl/N-ethyl adjacent to an activating group) is 1. The van der Waals surface area contributed by atoms with E-state index in [1.807, 2.05) is 18.2 Å². The van der Waals surface area contributed by atoms with E-state index in [1.54, 1.807) is 0 Å². The Morgan fingerprint density at radius 1 is 1.32 bits per heavy atom. The van der Waals surface area contributed by atoms with Gasteiger partial charge in [0.25, 0.3) is 0 Å². The fourth-order valence-electron chi connectivity index (χ4n) is 2.92. The Morgan fingerprint density at radius 2 is 2.00 bits per heavy atom. The molecule has 0 fully saturated rings. The summed E-state index contributed by atoms with van der Waals surface area (Å²) in [6, 6.07) is 8.91. The minimum Gasteiger partial charge on any atom is -0.492 e. The third kappa shape index (κ3) is 3.10. The molecule has 0 saturated carbocycles. The van der Waals surface area contributed by atoms with E-state index in [4.69, 9.17) is 10.5 Å². The number of para-hydroxylation sites is 1. The van der Waals surface area contributed by atoms with Crippen molar-refractivity contribution in [2.45, 2.75) is 45.3 Å². The number of nitrogens with zero attached hydrogens (tertiary/aromatic N) is 1. The van der Waals surface area contributed by atoms with Gasteiger partial charge < -0.3 is 10.5 Å². The molecule has 3 unspecified atom stereocenters. The van der Waals surface area contributed by atoms with Crippen LogP contribution in [0.2, 0.25) is 0 Å². The minimum atomic E-state index is 0.0320. The van der Waals surface area contributed by atoms with E-state index in [9.17, 15) is 0 Å². The fourth-order valence-corrected chi connectivity index (χ4v) is 2.92. The molecule has 19 heavy (non-hydrogen) atoms. The Kier molecular flexibility index (Phi) is 4.48. The molecule has 1 heterocycles. The number of ether oxygens (including phenoxy) is 1. The van der Waals surface area contributed by atoms with E-state index in [2.05, 4.69) is 38.8 Å². The SMILES string of the molecule is CC(C)CC(C)N(C)C1COc2ccccc2C1N. The average Bonchev–Trinajstić information content (AvgIpc) is 2.38. The third-order valence-electron chi connectivity index (χ3n) is 4.13. The first-order valence-electron chi connectivity index (χ1n) is 7.20. The van der Waals surface area contributed by atoms with Crippen molar-refractivity contribution in [3.05, 3.63) is 29.8 Å². The van der Waals surface area contributed by atoms with Gasteiger partial charge in [-0.2, -0.15) is 0 Å². The molecule has 1 aromatic carbocycles. The first-order valence-corrected chi connectivity index (χ1v) is 7.20. The molecule has 0 bridgehead atoms. The van der Waals surface area contributed by atoms with Gasteiger partial charge in [-0.3, -0.25) is 4.90 Å². The maximum absolute atomic E-state index is 6.44. The maximum atomic E-state index is 6.44. The number of rotatable bonds is 4. The summed E-state index contributed by atoms with van der Waals surface area (Å²) in [6.07, 6.45) is 1.18. The molecule has 1 aromatic rings. The highest BCUT2D eigenvalue weighted by Gasteiger charge is 2.32. The van der Waals surface area contributed by atoms with Crippen molar-refractivity contribution in [2.75, 3.05) is 13.7 Å². The molecule has 3 atom stereocenters. The molecule has 0 amide bonds. The molecule has 1 aliphatic rings. The van der Waals surface area contributed by atoms with Crippen LogP contribution in [0, 0.1) is 5.92 Å². The zero-order valence-electron chi connectivity index (χ0n) is 12.5. The standard InChI is InChI=1S/C16H26N2O/c1-11(2)9-12(3)18(4)14-10-19-15-8-6-5-7-13(15)16(14)17/h5-8,11-12,14,16H,9-10,17H2,1-4H3. The fraction of sp³-hybridized carbons (Fsp3) is 0.625. The molecular weight excluding hydrogens is 236 g/mol. The number of hydrogen-bond donors (Lipinski definition) is 1. The van der Waals surface area contributed by atoms with Crippen molar-refractivity contribution < 1.29 is 4.74 Å². The van der Waals surface area contributed by atoms with Gasteiger partial charge in [-0.15, -0.1) is 0 Å². The van der Waals surface area contributed by atoms with Crippen LogP contribution >= 0.6 is 0 Å². The topological polar surface area (TPSA) is 38.5 Å². The maximum Gasteiger partial charge on any atom is 0.124 e. The van der Waals surface area contributed by atoms with Gasteiger partial charge in [-0.05, 0) is 32.4 Å². The molecule has 0 spiro atoms. The number of hydrogen-bond acceptors (Lipinski definition) is 3. The Labute approximate surface area is 116 Å². The smallest absolute Gasteiger partial charge is 0.124 e. The molecule has 0 aromatic heterocycles. The molecule has 2 N–H and O–H groups in total. The molecule has 3 heteroatoms. The quantitative estimate of drug-likeness (QED) is 0.907. The van der Waals surface area contributed by atoms with E-state index in [0.29, 0.717) is 18.6 Å². The van der Waals surface area contributed by atoms with Gasteiger partial charge in [0, 0.05) is 11.6 Å². The molecule has 106 valence electrons. The average molecular weight is 262 g/mol. The second kappa shape index (κ2) is 5.93. The van der Waals surface area contributed by atoms with Crippen LogP contribution < -0.4 is 10.5 Å². The van der Waals surface area contributed by atoms with Crippen molar-refractivity contribution in [1.29, 1.82) is 0 Å². The summed E-state index contributed by atoms with van der Waals surface area (Å²) in [4.78, 5) is 2.38. The lowest BCUT2D eigenvalue weighted by molar-refractivity contribution is 0.0829. The molecule has 0 saturated heterocycles. The number of nitrogens with two attached hydrogens (primary N) is 1. The van der Waals surface area contributed by atoms with Gasteiger partial charge in [0.1, 0.15) is 12.4 Å². The second-order valence-electron chi connectivity index (χ2n) is 6.09. The van der Waals surface area contributed by atoms with Crippen LogP contribution in [0.1, 0.15) is 38.8 Å². The van der Waals surface area contributed by atoms with E-state index >= 15 is 0 Å². The summed E-state index contributed by atoms with van der Waals surface area (Å²) in [7, 11) is 2.16. The van der Waals surface area contributed by atoms with Gasteiger partial charge in [0.05, 0.1) is 12.1 Å². The first-order chi connectivity index (χ1) is 9.00. The van der Waals surface area contributed by atoms with Crippen molar-refractivity contribution in [1.82, 2.24) is 4.90 Å². The Balaban J connectivity index is 2.11. The Bertz CT molecular complexity index is 419. The lowest BCUT2D eigenvalue weighted by atomic mass is 9.94. The van der Waals surface area contributed by atoms with Crippen LogP contribution in [-0.4, -0.2) is 30.6 Å². The highest BCUT2D eigenvalue weighted by atomic mass is 16.5. The molecule has 0 radical (unpaired) electrons. The Hall–Kier alpha value is -1.06. The van der Waals surface area contributed by atoms with Crippen LogP contribution in [0.15, 0.2) is 24.3 Å². The zero-order valence-corrected chi connectivity index (χ0v) is 12.5. The zero-order chi connectivity index (χ0) is 14.0. The summed E-state index contributed by atoms with van der Waals surface area (Å²) in [6.45, 7) is 7.47. The summed E-state index contributed by atoms with van der Waals surface area (Å²) >= 11 is 0. The van der Waals surface area contributed by atoms with Crippen LogP contribution in [0.25, 0.3) is 0 Å². The van der Waals surface area contributed by atoms with E-state index in [-0.39, 0.29) is 12.1 Å². The lowest BCUT2D eigenvalue weighted by Gasteiger charge is -2.40. The first kappa shape index (κ1) is 14.4. The van der Waals surface area contributed by atoms with Crippen LogP contribution in [0.4, 0.5) is 0 Å². The van der Waals surface area contributed by atoms with E-state index in [1.165, 1.54) is 6.42 Å². The second-order valence-corrected chi connectivity index (χ2v) is 6.09. The summed E-state index contributed by atoms with van der Waals surface area (Å²) < 4.78 is 5.86. The predicted octanol–water partition coefficient (Wildman–Crippen LogP) is 2.81. The molecular formula is C16H26N2O. The van der Waals surface area contributed by atoms with Gasteiger partial charge >= 0.3 is 0 Å². The van der Waals surface area contributed by atoms with Crippen LogP contribution in [0.5, 0.6) is 5.75 Å². The molecule has 0 aliphatic carbocycles. The van der Waals surface area contributed by atoms with Crippen molar-refractivity contribution in [2.24, 2.45) is 11.7 Å². The predicted molar refractivity (Wildman–Crippen MR) is 79.3 cm³/mol. The van der Waals surface area contributed by atoms with Gasteiger partial charge in [0.2, 0.25) is 0 Å². The van der Waals surface area contributed by atoms with Crippen molar-refractivity contribution in [3.63, 3.8) is 0 Å². The van der Waals surface area contributed by atoms with Gasteiger partial charge in [-0.1, -0.05) is 32.0 Å². The van der Waals surface area contributed by atoms with Gasteiger partial charge in [0.15, 0.2) is 0 Å². The van der Waals surface area contributed by atoms with Crippen molar-refractivity contribution >= 4 is 0 Å². The van der Waals surface area contributed by atoms with Crippen LogP contribution in [-0.2, 0) is 0 Å². The molecule has 2 rings (SSSR count). The van der Waals surface area contributed by atoms with E-state index < -0.39 is 0 Å². The van der Waals surface area contributed by atoms with Crippen molar-refractivity contribution in [3.8, 4) is 5.75 Å². The highest BCUT2D eigenvalue weighted by molar-refractivity contribution is 5.38. The summed E-state index contributed by atoms with van der Waals surface area (Å²) in [5, 5.41) is 0. The largest absolute Gasteiger partial charge is 0.492 e. The van der Waals surface area contributed by atoms with Gasteiger partial charge in [-0.25, -0.2) is 0 Å². The number of benzene rings is 1. The normalized spacial score (nSPS) is 24.2. The summed E-state index contributed by atoms with van der Waals surface area (Å²) in [5.74, 6) is 1.64. The summed E-state index contributed by atoms with van der Waals surface area (Å²) in [5.41, 5.74) is 7.57. The molecule has 1 aliphatic heterocycles. The highest BCUT2D eigenvalue weighted by Crippen LogP contribution is 2.33. The minimum absolute atomic E-state index is 0.0320. The third-order valence-corrected chi connectivity index (χ3v) is 4.13. The van der Waals surface area contributed by atoms with E-state index in [0.717, 1.165) is 11.3 Å². The monoisotopic (exact) mass is 262 g/mol.